The van der Waals surface area contributed by atoms with Crippen molar-refractivity contribution >= 4 is 25.0 Å². The van der Waals surface area contributed by atoms with Crippen LogP contribution in [0.3, 0.4) is 0 Å². The first-order valence-corrected chi connectivity index (χ1v) is 10.7. The van der Waals surface area contributed by atoms with Crippen LogP contribution in [0.2, 0.25) is 5.04 Å². The molecule has 2 aromatic carbocycles. The Bertz CT molecular complexity index is 647. The first-order valence-electron chi connectivity index (χ1n) is 8.80. The molecule has 0 unspecified atom stereocenters. The molecular weight excluding hydrogens is 324 g/mol. The van der Waals surface area contributed by atoms with Crippen LogP contribution in [0.25, 0.3) is 0 Å². The minimum Gasteiger partial charge on any atom is -0.407 e. The summed E-state index contributed by atoms with van der Waals surface area (Å²) in [5.74, 6) is 0. The van der Waals surface area contributed by atoms with E-state index in [4.69, 9.17) is 4.43 Å². The number of aldehydes is 1. The normalized spacial score (nSPS) is 12.0. The summed E-state index contributed by atoms with van der Waals surface area (Å²) >= 11 is 0. The molecule has 0 aliphatic carbocycles. The van der Waals surface area contributed by atoms with Gasteiger partial charge in [0, 0.05) is 6.61 Å². The molecule has 0 heterocycles. The predicted octanol–water partition coefficient (Wildman–Crippen LogP) is 4.10. The molecule has 0 bridgehead atoms. The molecule has 2 rings (SSSR count). The van der Waals surface area contributed by atoms with Crippen molar-refractivity contribution in [1.82, 2.24) is 0 Å². The van der Waals surface area contributed by atoms with Crippen molar-refractivity contribution in [3.05, 3.63) is 72.8 Å². The second kappa shape index (κ2) is 8.41. The zero-order chi connectivity index (χ0) is 18.3. The average molecular weight is 353 g/mol. The minimum atomic E-state index is -2.45. The highest BCUT2D eigenvalue weighted by atomic mass is 28.4. The fraction of sp³-hybridized carbons (Fsp3) is 0.318. The van der Waals surface area contributed by atoms with Crippen molar-refractivity contribution in [2.24, 2.45) is 0 Å². The third-order valence-electron chi connectivity index (χ3n) is 4.54. The Labute approximate surface area is 152 Å². The maximum Gasteiger partial charge on any atom is 0.261 e. The number of carbonyl (C=O) groups is 1. The summed E-state index contributed by atoms with van der Waals surface area (Å²) in [4.78, 5) is 10.8. The van der Waals surface area contributed by atoms with Crippen LogP contribution >= 0.6 is 0 Å². The largest absolute Gasteiger partial charge is 0.407 e. The summed E-state index contributed by atoms with van der Waals surface area (Å²) in [6, 6.07) is 21.2. The van der Waals surface area contributed by atoms with Crippen LogP contribution in [0.5, 0.6) is 0 Å². The molecule has 0 aromatic heterocycles. The Balaban J connectivity index is 2.42. The lowest BCUT2D eigenvalue weighted by molar-refractivity contribution is -0.105. The number of benzene rings is 2. The molecule has 0 radical (unpaired) electrons. The zero-order valence-electron chi connectivity index (χ0n) is 15.5. The molecule has 0 fully saturated rings. The number of carbonyl (C=O) groups excluding carboxylic acids is 1. The van der Waals surface area contributed by atoms with Gasteiger partial charge in [-0.05, 0) is 33.8 Å². The van der Waals surface area contributed by atoms with Crippen LogP contribution in [0.15, 0.2) is 72.8 Å². The minimum absolute atomic E-state index is 0.0165. The second-order valence-electron chi connectivity index (χ2n) is 7.39. The number of rotatable bonds is 8. The van der Waals surface area contributed by atoms with Gasteiger partial charge in [-0.2, -0.15) is 0 Å². The maximum atomic E-state index is 10.8. The summed E-state index contributed by atoms with van der Waals surface area (Å²) in [5, 5.41) is 2.54. The molecule has 0 saturated heterocycles. The molecular formula is C22H28O2Si. The van der Waals surface area contributed by atoms with Crippen molar-refractivity contribution in [1.29, 1.82) is 0 Å². The molecule has 0 amide bonds. The van der Waals surface area contributed by atoms with E-state index in [-0.39, 0.29) is 5.04 Å². The van der Waals surface area contributed by atoms with E-state index in [0.29, 0.717) is 18.6 Å². The van der Waals surface area contributed by atoms with Crippen LogP contribution in [-0.2, 0) is 9.22 Å². The van der Waals surface area contributed by atoms with Gasteiger partial charge in [-0.1, -0.05) is 88.0 Å². The molecule has 25 heavy (non-hydrogen) atoms. The molecule has 3 heteroatoms. The number of hydrogen-bond donors (Lipinski definition) is 0. The Morgan fingerprint density at radius 2 is 1.48 bits per heavy atom. The molecule has 0 spiro atoms. The van der Waals surface area contributed by atoms with Crippen molar-refractivity contribution < 1.29 is 9.22 Å². The number of hydrogen-bond acceptors (Lipinski definition) is 2. The molecule has 0 aliphatic heterocycles. The molecule has 0 saturated carbocycles. The predicted molar refractivity (Wildman–Crippen MR) is 108 cm³/mol. The summed E-state index contributed by atoms with van der Waals surface area (Å²) < 4.78 is 6.74. The topological polar surface area (TPSA) is 26.3 Å². The van der Waals surface area contributed by atoms with E-state index >= 15 is 0 Å². The van der Waals surface area contributed by atoms with Crippen LogP contribution in [0.1, 0.15) is 33.6 Å². The molecule has 2 nitrogen and oxygen atoms in total. The number of allylic oxidation sites excluding steroid dienone is 1. The third kappa shape index (κ3) is 4.36. The molecule has 132 valence electrons. The SMILES string of the molecule is C=C(C=O)CCCO[Si](c1ccccc1)(c1ccccc1)C(C)(C)C. The smallest absolute Gasteiger partial charge is 0.261 e. The lowest BCUT2D eigenvalue weighted by Gasteiger charge is -2.43. The third-order valence-corrected chi connectivity index (χ3v) is 9.59. The van der Waals surface area contributed by atoms with Gasteiger partial charge < -0.3 is 4.43 Å². The highest BCUT2D eigenvalue weighted by molar-refractivity contribution is 6.99. The van der Waals surface area contributed by atoms with E-state index in [0.717, 1.165) is 12.7 Å². The van der Waals surface area contributed by atoms with Gasteiger partial charge in [0.1, 0.15) is 6.29 Å². The van der Waals surface area contributed by atoms with Crippen molar-refractivity contribution in [2.75, 3.05) is 6.61 Å². The molecule has 0 aliphatic rings. The van der Waals surface area contributed by atoms with Crippen LogP contribution in [0, 0.1) is 0 Å². The zero-order valence-corrected chi connectivity index (χ0v) is 16.5. The van der Waals surface area contributed by atoms with Crippen LogP contribution in [0.4, 0.5) is 0 Å². The second-order valence-corrected chi connectivity index (χ2v) is 11.7. The van der Waals surface area contributed by atoms with Crippen LogP contribution < -0.4 is 10.4 Å². The van der Waals surface area contributed by atoms with E-state index in [1.54, 1.807) is 0 Å². The van der Waals surface area contributed by atoms with Gasteiger partial charge >= 0.3 is 0 Å². The van der Waals surface area contributed by atoms with Gasteiger partial charge in [0.25, 0.3) is 8.32 Å². The summed E-state index contributed by atoms with van der Waals surface area (Å²) in [6.07, 6.45) is 2.33. The van der Waals surface area contributed by atoms with Gasteiger partial charge in [-0.3, -0.25) is 4.79 Å². The van der Waals surface area contributed by atoms with Crippen LogP contribution in [-0.4, -0.2) is 21.2 Å². The Morgan fingerprint density at radius 3 is 1.88 bits per heavy atom. The Kier molecular flexibility index (Phi) is 6.51. The Hall–Kier alpha value is -1.97. The van der Waals surface area contributed by atoms with E-state index in [1.807, 2.05) is 12.1 Å². The molecule has 2 aromatic rings. The standard InChI is InChI=1S/C22H28O2Si/c1-19(18-23)12-11-17-24-25(22(2,3)4,20-13-7-5-8-14-20)21-15-9-6-10-16-21/h5-10,13-16,18H,1,11-12,17H2,2-4H3. The highest BCUT2D eigenvalue weighted by Crippen LogP contribution is 2.36. The van der Waals surface area contributed by atoms with Gasteiger partial charge in [-0.15, -0.1) is 0 Å². The molecule has 0 N–H and O–H groups in total. The molecule has 0 atom stereocenters. The van der Waals surface area contributed by atoms with Crippen molar-refractivity contribution in [3.63, 3.8) is 0 Å². The fourth-order valence-electron chi connectivity index (χ4n) is 3.35. The quantitative estimate of drug-likeness (QED) is 0.309. The van der Waals surface area contributed by atoms with Gasteiger partial charge in [0.15, 0.2) is 0 Å². The first-order chi connectivity index (χ1) is 11.9. The van der Waals surface area contributed by atoms with E-state index < -0.39 is 8.32 Å². The Morgan fingerprint density at radius 1 is 1.00 bits per heavy atom. The maximum absolute atomic E-state index is 10.8. The van der Waals surface area contributed by atoms with Gasteiger partial charge in [0.05, 0.1) is 0 Å². The summed E-state index contributed by atoms with van der Waals surface area (Å²) in [6.45, 7) is 11.2. The highest BCUT2D eigenvalue weighted by Gasteiger charge is 2.49. The monoisotopic (exact) mass is 352 g/mol. The summed E-state index contributed by atoms with van der Waals surface area (Å²) in [7, 11) is -2.45. The van der Waals surface area contributed by atoms with E-state index in [9.17, 15) is 4.79 Å². The summed E-state index contributed by atoms with van der Waals surface area (Å²) in [5.41, 5.74) is 0.631. The lowest BCUT2D eigenvalue weighted by atomic mass is 10.2. The van der Waals surface area contributed by atoms with Gasteiger partial charge in [-0.25, -0.2) is 0 Å². The first kappa shape index (κ1) is 19.4. The van der Waals surface area contributed by atoms with Gasteiger partial charge in [0.2, 0.25) is 0 Å². The van der Waals surface area contributed by atoms with E-state index in [2.05, 4.69) is 75.9 Å². The fourth-order valence-corrected chi connectivity index (χ4v) is 7.95. The van der Waals surface area contributed by atoms with Crippen molar-refractivity contribution in [2.45, 2.75) is 38.7 Å². The average Bonchev–Trinajstić information content (AvgIpc) is 2.62. The van der Waals surface area contributed by atoms with E-state index in [1.165, 1.54) is 10.4 Å². The van der Waals surface area contributed by atoms with Crippen molar-refractivity contribution in [3.8, 4) is 0 Å². The lowest BCUT2D eigenvalue weighted by Crippen LogP contribution is -2.66.